The highest BCUT2D eigenvalue weighted by Gasteiger charge is 2.21. The van der Waals surface area contributed by atoms with Crippen LogP contribution in [0, 0.1) is 6.92 Å². The van der Waals surface area contributed by atoms with Gasteiger partial charge in [-0.2, -0.15) is 0 Å². The van der Waals surface area contributed by atoms with Crippen molar-refractivity contribution < 1.29 is 17.9 Å². The highest BCUT2D eigenvalue weighted by Crippen LogP contribution is 2.23. The lowest BCUT2D eigenvalue weighted by molar-refractivity contribution is 0.0940. The zero-order chi connectivity index (χ0) is 23.3. The lowest BCUT2D eigenvalue weighted by Crippen LogP contribution is -2.28. The molecular weight excluding hydrogens is 424 g/mol. The number of nitrogens with zero attached hydrogens (tertiary/aromatic N) is 1. The number of rotatable bonds is 8. The summed E-state index contributed by atoms with van der Waals surface area (Å²) in [7, 11) is -2.18. The Morgan fingerprint density at radius 3 is 2.12 bits per heavy atom. The van der Waals surface area contributed by atoms with E-state index in [0.29, 0.717) is 17.9 Å². The van der Waals surface area contributed by atoms with Gasteiger partial charge in [-0.05, 0) is 74.9 Å². The van der Waals surface area contributed by atoms with Gasteiger partial charge < -0.3 is 10.1 Å². The Kier molecular flexibility index (Phi) is 7.20. The molecule has 0 saturated heterocycles. The van der Waals surface area contributed by atoms with E-state index in [-0.39, 0.29) is 16.8 Å². The smallest absolute Gasteiger partial charge is 0.264 e. The Morgan fingerprint density at radius 2 is 1.56 bits per heavy atom. The Bertz CT molecular complexity index is 1160. The molecule has 0 aliphatic carbocycles. The van der Waals surface area contributed by atoms with Crippen molar-refractivity contribution in [2.75, 3.05) is 18.0 Å². The SMILES string of the molecule is CCOc1ccc([C@@H](C)NC(=O)c2ccc(N(C)S(=O)(=O)c3ccc(C)cc3)cc2)cc1. The molecule has 0 radical (unpaired) electrons. The maximum Gasteiger partial charge on any atom is 0.264 e. The van der Waals surface area contributed by atoms with Gasteiger partial charge in [0.15, 0.2) is 0 Å². The quantitative estimate of drug-likeness (QED) is 0.537. The van der Waals surface area contributed by atoms with Crippen LogP contribution in [-0.2, 0) is 10.0 Å². The second kappa shape index (κ2) is 9.87. The van der Waals surface area contributed by atoms with E-state index in [2.05, 4.69) is 5.32 Å². The summed E-state index contributed by atoms with van der Waals surface area (Å²) in [6, 6.07) is 20.6. The van der Waals surface area contributed by atoms with Crippen LogP contribution in [0.5, 0.6) is 5.75 Å². The molecule has 168 valence electrons. The maximum absolute atomic E-state index is 12.9. The number of aryl methyl sites for hydroxylation is 1. The predicted molar refractivity (Wildman–Crippen MR) is 127 cm³/mol. The number of ether oxygens (including phenoxy) is 1. The number of hydrogen-bond acceptors (Lipinski definition) is 4. The van der Waals surface area contributed by atoms with E-state index in [9.17, 15) is 13.2 Å². The molecule has 0 aliphatic rings. The van der Waals surface area contributed by atoms with E-state index >= 15 is 0 Å². The van der Waals surface area contributed by atoms with E-state index in [1.165, 1.54) is 11.4 Å². The van der Waals surface area contributed by atoms with Crippen molar-refractivity contribution in [3.05, 3.63) is 89.5 Å². The number of amides is 1. The number of sulfonamides is 1. The van der Waals surface area contributed by atoms with Gasteiger partial charge in [0.2, 0.25) is 0 Å². The maximum atomic E-state index is 12.9. The van der Waals surface area contributed by atoms with Gasteiger partial charge in [0.1, 0.15) is 5.75 Å². The van der Waals surface area contributed by atoms with Gasteiger partial charge in [0, 0.05) is 12.6 Å². The summed E-state index contributed by atoms with van der Waals surface area (Å²) in [4.78, 5) is 12.9. The van der Waals surface area contributed by atoms with Crippen LogP contribution in [-0.4, -0.2) is 28.0 Å². The normalized spacial score (nSPS) is 12.1. The molecule has 0 aliphatic heterocycles. The summed E-state index contributed by atoms with van der Waals surface area (Å²) in [5.74, 6) is 0.553. The third-order valence-corrected chi connectivity index (χ3v) is 7.01. The fourth-order valence-electron chi connectivity index (χ4n) is 3.21. The number of hydrogen-bond donors (Lipinski definition) is 1. The molecule has 1 N–H and O–H groups in total. The monoisotopic (exact) mass is 452 g/mol. The molecule has 0 unspecified atom stereocenters. The van der Waals surface area contributed by atoms with Crippen LogP contribution in [0.25, 0.3) is 0 Å². The molecule has 3 aromatic rings. The average Bonchev–Trinajstić information content (AvgIpc) is 2.79. The number of anilines is 1. The van der Waals surface area contributed by atoms with Crippen LogP contribution in [0.2, 0.25) is 0 Å². The van der Waals surface area contributed by atoms with Gasteiger partial charge in [-0.3, -0.25) is 9.10 Å². The minimum absolute atomic E-state index is 0.192. The fourth-order valence-corrected chi connectivity index (χ4v) is 4.41. The van der Waals surface area contributed by atoms with Crippen molar-refractivity contribution in [2.24, 2.45) is 0 Å². The fraction of sp³-hybridized carbons (Fsp3) is 0.240. The van der Waals surface area contributed by atoms with Crippen LogP contribution < -0.4 is 14.4 Å². The first-order chi connectivity index (χ1) is 15.2. The molecule has 7 heteroatoms. The molecule has 0 spiro atoms. The van der Waals surface area contributed by atoms with Crippen molar-refractivity contribution in [1.29, 1.82) is 0 Å². The Morgan fingerprint density at radius 1 is 0.969 bits per heavy atom. The molecule has 0 aromatic heterocycles. The van der Waals surface area contributed by atoms with Crippen molar-refractivity contribution in [2.45, 2.75) is 31.7 Å². The van der Waals surface area contributed by atoms with Crippen LogP contribution in [0.4, 0.5) is 5.69 Å². The van der Waals surface area contributed by atoms with E-state index < -0.39 is 10.0 Å². The van der Waals surface area contributed by atoms with Crippen LogP contribution in [0.1, 0.15) is 41.4 Å². The first kappa shape index (κ1) is 23.3. The minimum Gasteiger partial charge on any atom is -0.494 e. The summed E-state index contributed by atoms with van der Waals surface area (Å²) in [6.07, 6.45) is 0. The molecule has 0 saturated carbocycles. The lowest BCUT2D eigenvalue weighted by atomic mass is 10.1. The molecule has 0 heterocycles. The second-order valence-corrected chi connectivity index (χ2v) is 9.50. The van der Waals surface area contributed by atoms with E-state index in [1.807, 2.05) is 45.0 Å². The number of carbonyl (C=O) groups excluding carboxylic acids is 1. The van der Waals surface area contributed by atoms with Gasteiger partial charge in [-0.25, -0.2) is 8.42 Å². The van der Waals surface area contributed by atoms with Gasteiger partial charge in [0.25, 0.3) is 15.9 Å². The molecule has 1 atom stereocenters. The molecule has 6 nitrogen and oxygen atoms in total. The van der Waals surface area contributed by atoms with Crippen molar-refractivity contribution in [3.63, 3.8) is 0 Å². The molecule has 3 rings (SSSR count). The standard InChI is InChI=1S/C25H28N2O4S/c1-5-31-23-14-10-20(11-15-23)19(3)26-25(28)21-8-12-22(13-9-21)27(4)32(29,30)24-16-6-18(2)7-17-24/h6-17,19H,5H2,1-4H3,(H,26,28)/t19-/m1/s1. The van der Waals surface area contributed by atoms with E-state index in [4.69, 9.17) is 4.74 Å². The molecular formula is C25H28N2O4S. The van der Waals surface area contributed by atoms with Crippen LogP contribution in [0.15, 0.2) is 77.7 Å². The van der Waals surface area contributed by atoms with Gasteiger partial charge in [0.05, 0.1) is 23.2 Å². The lowest BCUT2D eigenvalue weighted by Gasteiger charge is -2.20. The zero-order valence-electron chi connectivity index (χ0n) is 18.7. The van der Waals surface area contributed by atoms with Gasteiger partial charge in [-0.1, -0.05) is 29.8 Å². The molecule has 32 heavy (non-hydrogen) atoms. The van der Waals surface area contributed by atoms with Gasteiger partial charge in [-0.15, -0.1) is 0 Å². The molecule has 1 amide bonds. The number of benzene rings is 3. The highest BCUT2D eigenvalue weighted by atomic mass is 32.2. The topological polar surface area (TPSA) is 75.7 Å². The summed E-state index contributed by atoms with van der Waals surface area (Å²) in [5.41, 5.74) is 2.87. The number of carbonyl (C=O) groups is 1. The Labute approximate surface area is 189 Å². The zero-order valence-corrected chi connectivity index (χ0v) is 19.5. The molecule has 0 bridgehead atoms. The first-order valence-corrected chi connectivity index (χ1v) is 11.9. The molecule has 0 fully saturated rings. The minimum atomic E-state index is -3.68. The summed E-state index contributed by atoms with van der Waals surface area (Å²) >= 11 is 0. The van der Waals surface area contributed by atoms with Gasteiger partial charge >= 0.3 is 0 Å². The Balaban J connectivity index is 1.69. The number of nitrogens with one attached hydrogen (secondary N) is 1. The van der Waals surface area contributed by atoms with E-state index in [0.717, 1.165) is 16.9 Å². The average molecular weight is 453 g/mol. The second-order valence-electron chi connectivity index (χ2n) is 7.53. The Hall–Kier alpha value is -3.32. The third kappa shape index (κ3) is 5.29. The summed E-state index contributed by atoms with van der Waals surface area (Å²) in [5, 5.41) is 2.96. The molecule has 3 aromatic carbocycles. The van der Waals surface area contributed by atoms with Crippen LogP contribution in [0.3, 0.4) is 0 Å². The van der Waals surface area contributed by atoms with Crippen molar-refractivity contribution in [3.8, 4) is 5.75 Å². The van der Waals surface area contributed by atoms with Crippen molar-refractivity contribution in [1.82, 2.24) is 5.32 Å². The summed E-state index contributed by atoms with van der Waals surface area (Å²) in [6.45, 7) is 6.34. The largest absolute Gasteiger partial charge is 0.494 e. The first-order valence-electron chi connectivity index (χ1n) is 10.4. The van der Waals surface area contributed by atoms with E-state index in [1.54, 1.807) is 48.5 Å². The summed E-state index contributed by atoms with van der Waals surface area (Å²) < 4.78 is 32.4. The highest BCUT2D eigenvalue weighted by molar-refractivity contribution is 7.92. The third-order valence-electron chi connectivity index (χ3n) is 5.21. The van der Waals surface area contributed by atoms with Crippen LogP contribution >= 0.6 is 0 Å². The van der Waals surface area contributed by atoms with Crippen molar-refractivity contribution >= 4 is 21.6 Å². The predicted octanol–water partition coefficient (Wildman–Crippen LogP) is 4.71.